The fourth-order valence-corrected chi connectivity index (χ4v) is 3.11. The molecule has 1 aromatic heterocycles. The van der Waals surface area contributed by atoms with Crippen LogP contribution in [0.25, 0.3) is 10.9 Å². The van der Waals surface area contributed by atoms with Crippen LogP contribution in [0.15, 0.2) is 24.3 Å². The van der Waals surface area contributed by atoms with Gasteiger partial charge in [-0.1, -0.05) is 51.8 Å². The molecule has 2 amide bonds. The Balaban J connectivity index is 2.22. The van der Waals surface area contributed by atoms with Crippen molar-refractivity contribution in [1.82, 2.24) is 15.1 Å². The predicted molar refractivity (Wildman–Crippen MR) is 105 cm³/mol. The van der Waals surface area contributed by atoms with E-state index in [0.29, 0.717) is 12.2 Å². The van der Waals surface area contributed by atoms with E-state index in [2.05, 4.69) is 10.4 Å². The Morgan fingerprint density at radius 2 is 1.85 bits per heavy atom. The first kappa shape index (κ1) is 20.9. The molecular formula is C20H30N4O3. The topological polar surface area (TPSA) is 110 Å². The Hall–Kier alpha value is -2.41. The number of aromatic nitrogens is 2. The summed E-state index contributed by atoms with van der Waals surface area (Å²) in [5.41, 5.74) is 6.17. The van der Waals surface area contributed by atoms with E-state index < -0.39 is 23.3 Å². The minimum Gasteiger partial charge on any atom is -0.396 e. The van der Waals surface area contributed by atoms with Gasteiger partial charge in [0.2, 0.25) is 5.91 Å². The van der Waals surface area contributed by atoms with Gasteiger partial charge in [-0.3, -0.25) is 14.3 Å². The number of primary amides is 1. The van der Waals surface area contributed by atoms with Gasteiger partial charge in [-0.2, -0.15) is 5.10 Å². The maximum atomic E-state index is 12.8. The van der Waals surface area contributed by atoms with E-state index in [0.717, 1.165) is 36.6 Å². The van der Waals surface area contributed by atoms with Crippen LogP contribution < -0.4 is 11.1 Å². The predicted octanol–water partition coefficient (Wildman–Crippen LogP) is 2.22. The third-order valence-corrected chi connectivity index (χ3v) is 4.58. The Kier molecular flexibility index (Phi) is 6.96. The third-order valence-electron chi connectivity index (χ3n) is 4.58. The number of nitrogens with one attached hydrogen (secondary N) is 1. The molecule has 0 saturated carbocycles. The van der Waals surface area contributed by atoms with Crippen molar-refractivity contribution in [2.45, 2.75) is 59.0 Å². The molecule has 2 aromatic rings. The van der Waals surface area contributed by atoms with Crippen LogP contribution in [-0.4, -0.2) is 39.4 Å². The molecule has 1 aromatic carbocycles. The molecule has 7 heteroatoms. The average Bonchev–Trinajstić information content (AvgIpc) is 2.97. The molecule has 148 valence electrons. The fourth-order valence-electron chi connectivity index (χ4n) is 3.11. The normalized spacial score (nSPS) is 12.9. The van der Waals surface area contributed by atoms with Gasteiger partial charge in [-0.15, -0.1) is 0 Å². The smallest absolute Gasteiger partial charge is 0.273 e. The molecule has 0 aliphatic carbocycles. The van der Waals surface area contributed by atoms with E-state index in [1.54, 1.807) is 0 Å². The Morgan fingerprint density at radius 1 is 1.19 bits per heavy atom. The van der Waals surface area contributed by atoms with Crippen LogP contribution in [0.1, 0.15) is 56.9 Å². The highest BCUT2D eigenvalue weighted by Crippen LogP contribution is 2.22. The number of fused-ring (bicyclic) bond motifs is 1. The van der Waals surface area contributed by atoms with Gasteiger partial charge in [0, 0.05) is 18.5 Å². The van der Waals surface area contributed by atoms with Crippen molar-refractivity contribution in [2.24, 2.45) is 11.1 Å². The van der Waals surface area contributed by atoms with Gasteiger partial charge >= 0.3 is 0 Å². The lowest BCUT2D eigenvalue weighted by Gasteiger charge is -2.28. The minimum absolute atomic E-state index is 0.212. The second-order valence-corrected chi connectivity index (χ2v) is 7.90. The molecular weight excluding hydrogens is 344 g/mol. The average molecular weight is 374 g/mol. The Bertz CT molecular complexity index is 792. The summed E-state index contributed by atoms with van der Waals surface area (Å²) in [7, 11) is 0. The van der Waals surface area contributed by atoms with Crippen LogP contribution in [0.5, 0.6) is 0 Å². The number of unbranched alkanes of at least 4 members (excludes halogenated alkanes) is 3. The SMILES string of the molecule is CC(C)(C)C(NC(=O)c1nn(CCCCCCO)c2ccccc12)C(N)=O. The number of rotatable bonds is 9. The highest BCUT2D eigenvalue weighted by Gasteiger charge is 2.32. The quantitative estimate of drug-likeness (QED) is 0.585. The zero-order valence-corrected chi connectivity index (χ0v) is 16.4. The van der Waals surface area contributed by atoms with Crippen molar-refractivity contribution in [2.75, 3.05) is 6.61 Å². The summed E-state index contributed by atoms with van der Waals surface area (Å²) in [6, 6.07) is 6.78. The van der Waals surface area contributed by atoms with Gasteiger partial charge in [-0.25, -0.2) is 0 Å². The van der Waals surface area contributed by atoms with Gasteiger partial charge in [0.05, 0.1) is 5.52 Å². The third kappa shape index (κ3) is 5.29. The molecule has 0 aliphatic heterocycles. The molecule has 0 radical (unpaired) electrons. The molecule has 2 rings (SSSR count). The number of carbonyl (C=O) groups excluding carboxylic acids is 2. The molecule has 0 spiro atoms. The number of amides is 2. The van der Waals surface area contributed by atoms with Crippen LogP contribution in [-0.2, 0) is 11.3 Å². The molecule has 0 bridgehead atoms. The number of aryl methyl sites for hydroxylation is 1. The summed E-state index contributed by atoms with van der Waals surface area (Å²) >= 11 is 0. The fraction of sp³-hybridized carbons (Fsp3) is 0.550. The molecule has 0 saturated heterocycles. The van der Waals surface area contributed by atoms with Gasteiger partial charge in [0.25, 0.3) is 5.91 Å². The highest BCUT2D eigenvalue weighted by molar-refractivity contribution is 6.06. The van der Waals surface area contributed by atoms with E-state index in [1.807, 2.05) is 49.7 Å². The lowest BCUT2D eigenvalue weighted by molar-refractivity contribution is -0.122. The van der Waals surface area contributed by atoms with Crippen LogP contribution >= 0.6 is 0 Å². The maximum absolute atomic E-state index is 12.8. The number of aliphatic hydroxyl groups excluding tert-OH is 1. The van der Waals surface area contributed by atoms with Gasteiger partial charge in [-0.05, 0) is 24.3 Å². The number of nitrogens with two attached hydrogens (primary N) is 1. The van der Waals surface area contributed by atoms with Crippen molar-refractivity contribution in [3.8, 4) is 0 Å². The van der Waals surface area contributed by atoms with E-state index in [-0.39, 0.29) is 6.61 Å². The first-order valence-electron chi connectivity index (χ1n) is 9.42. The molecule has 1 unspecified atom stereocenters. The first-order chi connectivity index (χ1) is 12.8. The van der Waals surface area contributed by atoms with Gasteiger partial charge < -0.3 is 16.2 Å². The zero-order chi connectivity index (χ0) is 20.0. The monoisotopic (exact) mass is 374 g/mol. The summed E-state index contributed by atoms with van der Waals surface area (Å²) in [4.78, 5) is 24.6. The van der Waals surface area contributed by atoms with Crippen LogP contribution in [0.3, 0.4) is 0 Å². The molecule has 4 N–H and O–H groups in total. The zero-order valence-electron chi connectivity index (χ0n) is 16.4. The molecule has 0 aliphatic rings. The lowest BCUT2D eigenvalue weighted by atomic mass is 9.86. The van der Waals surface area contributed by atoms with Crippen molar-refractivity contribution < 1.29 is 14.7 Å². The van der Waals surface area contributed by atoms with E-state index in [1.165, 1.54) is 0 Å². The number of hydrogen-bond acceptors (Lipinski definition) is 4. The minimum atomic E-state index is -0.785. The number of para-hydroxylation sites is 1. The summed E-state index contributed by atoms with van der Waals surface area (Å²) in [5, 5.41) is 16.9. The van der Waals surface area contributed by atoms with Crippen molar-refractivity contribution >= 4 is 22.7 Å². The van der Waals surface area contributed by atoms with E-state index >= 15 is 0 Å². The lowest BCUT2D eigenvalue weighted by Crippen LogP contribution is -2.52. The van der Waals surface area contributed by atoms with E-state index in [4.69, 9.17) is 10.8 Å². The van der Waals surface area contributed by atoms with Crippen LogP contribution in [0.4, 0.5) is 0 Å². The Labute approximate surface area is 159 Å². The molecule has 1 atom stereocenters. The van der Waals surface area contributed by atoms with Gasteiger partial charge in [0.15, 0.2) is 5.69 Å². The molecule has 7 nitrogen and oxygen atoms in total. The largest absolute Gasteiger partial charge is 0.396 e. The Morgan fingerprint density at radius 3 is 2.48 bits per heavy atom. The van der Waals surface area contributed by atoms with Crippen molar-refractivity contribution in [3.63, 3.8) is 0 Å². The molecule has 1 heterocycles. The van der Waals surface area contributed by atoms with Crippen molar-refractivity contribution in [3.05, 3.63) is 30.0 Å². The second-order valence-electron chi connectivity index (χ2n) is 7.90. The summed E-state index contributed by atoms with van der Waals surface area (Å²) in [5.74, 6) is -0.965. The summed E-state index contributed by atoms with van der Waals surface area (Å²) < 4.78 is 1.83. The van der Waals surface area contributed by atoms with E-state index in [9.17, 15) is 9.59 Å². The maximum Gasteiger partial charge on any atom is 0.273 e. The highest BCUT2D eigenvalue weighted by atomic mass is 16.3. The molecule has 0 fully saturated rings. The number of aliphatic hydroxyl groups is 1. The summed E-state index contributed by atoms with van der Waals surface area (Å²) in [6.07, 6.45) is 3.67. The van der Waals surface area contributed by atoms with Crippen LogP contribution in [0, 0.1) is 5.41 Å². The molecule has 27 heavy (non-hydrogen) atoms. The number of carbonyl (C=O) groups is 2. The summed E-state index contributed by atoms with van der Waals surface area (Å²) in [6.45, 7) is 6.46. The second kappa shape index (κ2) is 8.99. The first-order valence-corrected chi connectivity index (χ1v) is 9.42. The van der Waals surface area contributed by atoms with Gasteiger partial charge in [0.1, 0.15) is 6.04 Å². The number of benzene rings is 1. The van der Waals surface area contributed by atoms with Crippen LogP contribution in [0.2, 0.25) is 0 Å². The van der Waals surface area contributed by atoms with Crippen molar-refractivity contribution in [1.29, 1.82) is 0 Å². The standard InChI is InChI=1S/C20H30N4O3/c1-20(2,3)17(18(21)26)22-19(27)16-14-10-6-7-11-15(14)24(23-16)12-8-4-5-9-13-25/h6-7,10-11,17,25H,4-5,8-9,12-13H2,1-3H3,(H2,21,26)(H,22,27). The number of nitrogens with zero attached hydrogens (tertiary/aromatic N) is 2. The number of hydrogen-bond donors (Lipinski definition) is 3.